The van der Waals surface area contributed by atoms with Crippen LogP contribution in [0.1, 0.15) is 11.4 Å². The molecule has 1 aliphatic rings. The van der Waals surface area contributed by atoms with Gasteiger partial charge in [-0.1, -0.05) is 24.3 Å². The number of nitrogens with zero attached hydrogens (tertiary/aromatic N) is 3. The predicted molar refractivity (Wildman–Crippen MR) is 94.8 cm³/mol. The molecule has 1 aromatic heterocycles. The number of para-hydroxylation sites is 2. The quantitative estimate of drug-likeness (QED) is 0.807. The molecule has 0 unspecified atom stereocenters. The summed E-state index contributed by atoms with van der Waals surface area (Å²) in [6.45, 7) is 7.35. The third-order valence-electron chi connectivity index (χ3n) is 4.55. The number of nitrogens with one attached hydrogen (secondary N) is 1. The first-order chi connectivity index (χ1) is 11.3. The molecule has 4 rings (SSSR count). The SMILES string of the molecule is Cc1cccc(N2CCN(Cc3nc4ccccc4[nH]3)CC2)c1. The Morgan fingerprint density at radius 3 is 2.61 bits per heavy atom. The Labute approximate surface area is 136 Å². The van der Waals surface area contributed by atoms with E-state index in [9.17, 15) is 0 Å². The number of anilines is 1. The summed E-state index contributed by atoms with van der Waals surface area (Å²) >= 11 is 0. The fourth-order valence-electron chi connectivity index (χ4n) is 3.28. The van der Waals surface area contributed by atoms with Gasteiger partial charge < -0.3 is 9.88 Å². The molecule has 1 aliphatic heterocycles. The number of aromatic nitrogens is 2. The first kappa shape index (κ1) is 14.3. The number of fused-ring (bicyclic) bond motifs is 1. The summed E-state index contributed by atoms with van der Waals surface area (Å²) in [4.78, 5) is 13.1. The van der Waals surface area contributed by atoms with Crippen LogP contribution < -0.4 is 4.90 Å². The van der Waals surface area contributed by atoms with Crippen molar-refractivity contribution in [1.29, 1.82) is 0 Å². The van der Waals surface area contributed by atoms with Gasteiger partial charge in [0, 0.05) is 31.9 Å². The molecule has 0 amide bonds. The van der Waals surface area contributed by atoms with Crippen molar-refractivity contribution < 1.29 is 0 Å². The van der Waals surface area contributed by atoms with E-state index in [-0.39, 0.29) is 0 Å². The third kappa shape index (κ3) is 3.08. The molecule has 1 N–H and O–H groups in total. The van der Waals surface area contributed by atoms with Crippen LogP contribution in [0.5, 0.6) is 0 Å². The van der Waals surface area contributed by atoms with E-state index in [0.29, 0.717) is 0 Å². The maximum Gasteiger partial charge on any atom is 0.121 e. The Kier molecular flexibility index (Phi) is 3.75. The summed E-state index contributed by atoms with van der Waals surface area (Å²) in [5, 5.41) is 0. The van der Waals surface area contributed by atoms with Crippen LogP contribution in [0.3, 0.4) is 0 Å². The number of hydrogen-bond acceptors (Lipinski definition) is 3. The third-order valence-corrected chi connectivity index (χ3v) is 4.55. The van der Waals surface area contributed by atoms with Crippen LogP contribution in [0, 0.1) is 6.92 Å². The molecule has 0 radical (unpaired) electrons. The van der Waals surface area contributed by atoms with Gasteiger partial charge in [0.15, 0.2) is 0 Å². The van der Waals surface area contributed by atoms with E-state index in [1.807, 2.05) is 12.1 Å². The summed E-state index contributed by atoms with van der Waals surface area (Å²) in [5.41, 5.74) is 4.85. The Morgan fingerprint density at radius 2 is 1.83 bits per heavy atom. The summed E-state index contributed by atoms with van der Waals surface area (Å²) in [7, 11) is 0. The molecule has 0 spiro atoms. The summed E-state index contributed by atoms with van der Waals surface area (Å²) in [6, 6.07) is 17.0. The molecule has 3 aromatic rings. The average Bonchev–Trinajstić information content (AvgIpc) is 2.98. The van der Waals surface area contributed by atoms with E-state index in [4.69, 9.17) is 0 Å². The highest BCUT2D eigenvalue weighted by Gasteiger charge is 2.18. The van der Waals surface area contributed by atoms with Gasteiger partial charge in [-0.05, 0) is 36.8 Å². The molecule has 0 bridgehead atoms. The average molecular weight is 306 g/mol. The molecular weight excluding hydrogens is 284 g/mol. The van der Waals surface area contributed by atoms with Crippen molar-refractivity contribution in [3.8, 4) is 0 Å². The van der Waals surface area contributed by atoms with Crippen molar-refractivity contribution in [3.63, 3.8) is 0 Å². The van der Waals surface area contributed by atoms with E-state index in [1.165, 1.54) is 11.3 Å². The molecule has 0 atom stereocenters. The molecule has 4 heteroatoms. The van der Waals surface area contributed by atoms with Gasteiger partial charge in [-0.15, -0.1) is 0 Å². The van der Waals surface area contributed by atoms with E-state index in [0.717, 1.165) is 49.6 Å². The summed E-state index contributed by atoms with van der Waals surface area (Å²) in [5.74, 6) is 1.07. The molecule has 0 saturated carbocycles. The lowest BCUT2D eigenvalue weighted by atomic mass is 10.2. The number of piperazine rings is 1. The zero-order chi connectivity index (χ0) is 15.6. The van der Waals surface area contributed by atoms with E-state index in [1.54, 1.807) is 0 Å². The van der Waals surface area contributed by atoms with E-state index < -0.39 is 0 Å². The van der Waals surface area contributed by atoms with Gasteiger partial charge in [0.1, 0.15) is 5.82 Å². The number of imidazole rings is 1. The molecule has 118 valence electrons. The number of H-pyrrole nitrogens is 1. The van der Waals surface area contributed by atoms with Crippen molar-refractivity contribution in [2.75, 3.05) is 31.1 Å². The molecule has 1 saturated heterocycles. The minimum Gasteiger partial charge on any atom is -0.369 e. The van der Waals surface area contributed by atoms with Crippen LogP contribution in [0.25, 0.3) is 11.0 Å². The van der Waals surface area contributed by atoms with E-state index >= 15 is 0 Å². The van der Waals surface area contributed by atoms with Crippen LogP contribution in [0.15, 0.2) is 48.5 Å². The minimum absolute atomic E-state index is 0.899. The Balaban J connectivity index is 1.39. The fourth-order valence-corrected chi connectivity index (χ4v) is 3.28. The second-order valence-corrected chi connectivity index (χ2v) is 6.30. The number of benzene rings is 2. The second-order valence-electron chi connectivity index (χ2n) is 6.30. The summed E-state index contributed by atoms with van der Waals surface area (Å²) in [6.07, 6.45) is 0. The number of aromatic amines is 1. The highest BCUT2D eigenvalue weighted by molar-refractivity contribution is 5.74. The smallest absolute Gasteiger partial charge is 0.121 e. The van der Waals surface area contributed by atoms with Crippen LogP contribution >= 0.6 is 0 Å². The second kappa shape index (κ2) is 6.05. The van der Waals surface area contributed by atoms with Crippen molar-refractivity contribution in [2.24, 2.45) is 0 Å². The lowest BCUT2D eigenvalue weighted by Crippen LogP contribution is -2.46. The molecule has 1 fully saturated rings. The van der Waals surface area contributed by atoms with Gasteiger partial charge in [0.05, 0.1) is 17.6 Å². The molecule has 2 aromatic carbocycles. The number of rotatable bonds is 3. The molecule has 2 heterocycles. The van der Waals surface area contributed by atoms with Crippen molar-refractivity contribution in [2.45, 2.75) is 13.5 Å². The minimum atomic E-state index is 0.899. The monoisotopic (exact) mass is 306 g/mol. The van der Waals surface area contributed by atoms with Gasteiger partial charge in [-0.3, -0.25) is 4.90 Å². The largest absolute Gasteiger partial charge is 0.369 e. The van der Waals surface area contributed by atoms with Crippen LogP contribution in [0.4, 0.5) is 5.69 Å². The Bertz CT molecular complexity index is 767. The maximum atomic E-state index is 4.68. The molecule has 4 nitrogen and oxygen atoms in total. The van der Waals surface area contributed by atoms with Gasteiger partial charge in [-0.25, -0.2) is 4.98 Å². The topological polar surface area (TPSA) is 35.2 Å². The molecule has 23 heavy (non-hydrogen) atoms. The Morgan fingerprint density at radius 1 is 1.00 bits per heavy atom. The van der Waals surface area contributed by atoms with E-state index in [2.05, 4.69) is 63.1 Å². The van der Waals surface area contributed by atoms with Gasteiger partial charge in [0.2, 0.25) is 0 Å². The lowest BCUT2D eigenvalue weighted by molar-refractivity contribution is 0.245. The first-order valence-electron chi connectivity index (χ1n) is 8.25. The normalized spacial score (nSPS) is 16.1. The van der Waals surface area contributed by atoms with Crippen molar-refractivity contribution in [3.05, 3.63) is 59.9 Å². The lowest BCUT2D eigenvalue weighted by Gasteiger charge is -2.35. The maximum absolute atomic E-state index is 4.68. The van der Waals surface area contributed by atoms with Crippen LogP contribution in [-0.4, -0.2) is 41.0 Å². The highest BCUT2D eigenvalue weighted by Crippen LogP contribution is 2.19. The fraction of sp³-hybridized carbons (Fsp3) is 0.316. The number of aryl methyl sites for hydroxylation is 1. The van der Waals surface area contributed by atoms with Crippen molar-refractivity contribution >= 4 is 16.7 Å². The van der Waals surface area contributed by atoms with Crippen LogP contribution in [-0.2, 0) is 6.54 Å². The molecule has 0 aliphatic carbocycles. The van der Waals surface area contributed by atoms with Crippen molar-refractivity contribution in [1.82, 2.24) is 14.9 Å². The van der Waals surface area contributed by atoms with Gasteiger partial charge >= 0.3 is 0 Å². The highest BCUT2D eigenvalue weighted by atomic mass is 15.3. The zero-order valence-electron chi connectivity index (χ0n) is 13.5. The number of hydrogen-bond donors (Lipinski definition) is 1. The molecular formula is C19H22N4. The van der Waals surface area contributed by atoms with Gasteiger partial charge in [-0.2, -0.15) is 0 Å². The van der Waals surface area contributed by atoms with Gasteiger partial charge in [0.25, 0.3) is 0 Å². The van der Waals surface area contributed by atoms with Crippen LogP contribution in [0.2, 0.25) is 0 Å². The predicted octanol–water partition coefficient (Wildman–Crippen LogP) is 3.19. The summed E-state index contributed by atoms with van der Waals surface area (Å²) < 4.78 is 0. The standard InChI is InChI=1S/C19H22N4/c1-15-5-4-6-16(13-15)23-11-9-22(10-12-23)14-19-20-17-7-2-3-8-18(17)21-19/h2-8,13H,9-12,14H2,1H3,(H,20,21). The first-order valence-corrected chi connectivity index (χ1v) is 8.25. The Hall–Kier alpha value is -2.33. The zero-order valence-corrected chi connectivity index (χ0v) is 13.5.